The van der Waals surface area contributed by atoms with Gasteiger partial charge in [-0.05, 0) is 30.5 Å². The van der Waals surface area contributed by atoms with Crippen LogP contribution in [0.25, 0.3) is 0 Å². The highest BCUT2D eigenvalue weighted by Gasteiger charge is 2.40. The molecule has 1 aromatic heterocycles. The normalized spacial score (nSPS) is 15.1. The number of hydrogen-bond donors (Lipinski definition) is 3. The molecule has 34 heavy (non-hydrogen) atoms. The molecular weight excluding hydrogens is 438 g/mol. The SMILES string of the molecule is Cc1cccc(C)c1NC(=O)C1Cn2cc(C(=O)O)c(=O)c(O)c2C(=O)N1Cc1ccccc1. The molecule has 1 unspecified atom stereocenters. The van der Waals surface area contributed by atoms with Crippen LogP contribution in [0.1, 0.15) is 37.5 Å². The van der Waals surface area contributed by atoms with Crippen molar-refractivity contribution in [3.05, 3.63) is 92.9 Å². The number of anilines is 1. The number of aromatic nitrogens is 1. The Morgan fingerprint density at radius 3 is 2.29 bits per heavy atom. The van der Waals surface area contributed by atoms with Crippen LogP contribution in [0, 0.1) is 13.8 Å². The number of benzene rings is 2. The molecule has 2 amide bonds. The number of nitrogens with zero attached hydrogens (tertiary/aromatic N) is 2. The molecule has 174 valence electrons. The first kappa shape index (κ1) is 22.8. The number of amides is 2. The highest BCUT2D eigenvalue weighted by Crippen LogP contribution is 2.27. The highest BCUT2D eigenvalue weighted by molar-refractivity contribution is 6.03. The van der Waals surface area contributed by atoms with Gasteiger partial charge in [0.1, 0.15) is 11.6 Å². The third kappa shape index (κ3) is 4.03. The van der Waals surface area contributed by atoms with E-state index in [2.05, 4.69) is 5.32 Å². The number of rotatable bonds is 5. The Morgan fingerprint density at radius 2 is 1.68 bits per heavy atom. The molecule has 2 heterocycles. The number of carboxylic acid groups (broad SMARTS) is 1. The Kier molecular flexibility index (Phi) is 5.93. The van der Waals surface area contributed by atoms with Crippen LogP contribution in [-0.4, -0.2) is 43.5 Å². The quantitative estimate of drug-likeness (QED) is 0.536. The molecular formula is C25H23N3O6. The van der Waals surface area contributed by atoms with E-state index in [4.69, 9.17) is 0 Å². The first-order valence-corrected chi connectivity index (χ1v) is 10.6. The van der Waals surface area contributed by atoms with Gasteiger partial charge in [-0.1, -0.05) is 48.5 Å². The predicted octanol–water partition coefficient (Wildman–Crippen LogP) is 2.53. The molecule has 0 radical (unpaired) electrons. The number of nitrogens with one attached hydrogen (secondary N) is 1. The number of carboxylic acids is 1. The summed E-state index contributed by atoms with van der Waals surface area (Å²) in [6, 6.07) is 13.6. The molecule has 2 aromatic carbocycles. The Labute approximate surface area is 194 Å². The van der Waals surface area contributed by atoms with E-state index < -0.39 is 40.6 Å². The standard InChI is InChI=1S/C25H23N3O6/c1-14-7-6-8-15(2)19(14)26-23(31)18-13-27-12-17(25(33)34)21(29)22(30)20(27)24(32)28(18)11-16-9-4-3-5-10-16/h3-10,12,18,30H,11,13H2,1-2H3,(H,26,31)(H,33,34). The number of aromatic carboxylic acids is 1. The fraction of sp³-hybridized carbons (Fsp3) is 0.200. The number of carbonyl (C=O) groups is 3. The Balaban J connectivity index is 1.80. The van der Waals surface area contributed by atoms with E-state index in [0.717, 1.165) is 22.9 Å². The van der Waals surface area contributed by atoms with Gasteiger partial charge in [-0.15, -0.1) is 0 Å². The van der Waals surface area contributed by atoms with Crippen molar-refractivity contribution in [3.8, 4) is 5.75 Å². The van der Waals surface area contributed by atoms with E-state index in [1.54, 1.807) is 24.3 Å². The van der Waals surface area contributed by atoms with Crippen molar-refractivity contribution < 1.29 is 24.6 Å². The second kappa shape index (κ2) is 8.86. The number of pyridine rings is 1. The molecule has 1 atom stereocenters. The van der Waals surface area contributed by atoms with Crippen LogP contribution in [0.5, 0.6) is 5.75 Å². The fourth-order valence-corrected chi connectivity index (χ4v) is 4.14. The van der Waals surface area contributed by atoms with Gasteiger partial charge in [0.05, 0.1) is 6.54 Å². The summed E-state index contributed by atoms with van der Waals surface area (Å²) in [6.07, 6.45) is 0.997. The molecule has 0 fully saturated rings. The molecule has 4 rings (SSSR count). The van der Waals surface area contributed by atoms with Crippen LogP contribution in [-0.2, 0) is 17.9 Å². The molecule has 0 bridgehead atoms. The van der Waals surface area contributed by atoms with Crippen molar-refractivity contribution in [3.63, 3.8) is 0 Å². The summed E-state index contributed by atoms with van der Waals surface area (Å²) >= 11 is 0. The highest BCUT2D eigenvalue weighted by atomic mass is 16.4. The maximum absolute atomic E-state index is 13.5. The van der Waals surface area contributed by atoms with Gasteiger partial charge in [0.25, 0.3) is 5.91 Å². The van der Waals surface area contributed by atoms with Gasteiger partial charge >= 0.3 is 5.97 Å². The van der Waals surface area contributed by atoms with Gasteiger partial charge in [0.15, 0.2) is 11.4 Å². The summed E-state index contributed by atoms with van der Waals surface area (Å²) < 4.78 is 1.17. The Morgan fingerprint density at radius 1 is 1.03 bits per heavy atom. The summed E-state index contributed by atoms with van der Waals surface area (Å²) in [6.45, 7) is 3.62. The van der Waals surface area contributed by atoms with Crippen molar-refractivity contribution in [1.82, 2.24) is 9.47 Å². The zero-order valence-electron chi connectivity index (χ0n) is 18.6. The molecule has 0 saturated carbocycles. The van der Waals surface area contributed by atoms with Crippen molar-refractivity contribution >= 4 is 23.5 Å². The molecule has 0 spiro atoms. The fourth-order valence-electron chi connectivity index (χ4n) is 4.14. The van der Waals surface area contributed by atoms with E-state index in [0.29, 0.717) is 5.69 Å². The summed E-state index contributed by atoms with van der Waals surface area (Å²) in [5, 5.41) is 22.6. The van der Waals surface area contributed by atoms with E-state index in [1.807, 2.05) is 38.1 Å². The second-order valence-corrected chi connectivity index (χ2v) is 8.22. The van der Waals surface area contributed by atoms with E-state index in [-0.39, 0.29) is 18.8 Å². The predicted molar refractivity (Wildman–Crippen MR) is 124 cm³/mol. The number of aryl methyl sites for hydroxylation is 2. The molecule has 9 heteroatoms. The summed E-state index contributed by atoms with van der Waals surface area (Å²) in [7, 11) is 0. The lowest BCUT2D eigenvalue weighted by atomic mass is 10.0. The van der Waals surface area contributed by atoms with Crippen LogP contribution in [0.4, 0.5) is 5.69 Å². The molecule has 3 N–H and O–H groups in total. The minimum Gasteiger partial charge on any atom is -0.503 e. The third-order valence-corrected chi connectivity index (χ3v) is 5.92. The summed E-state index contributed by atoms with van der Waals surface area (Å²) in [4.78, 5) is 52.0. The number of carbonyl (C=O) groups excluding carboxylic acids is 2. The van der Waals surface area contributed by atoms with Crippen LogP contribution < -0.4 is 10.7 Å². The second-order valence-electron chi connectivity index (χ2n) is 8.22. The largest absolute Gasteiger partial charge is 0.503 e. The van der Waals surface area contributed by atoms with Gasteiger partial charge < -0.3 is 25.0 Å². The smallest absolute Gasteiger partial charge is 0.341 e. The molecule has 1 aliphatic heterocycles. The first-order valence-electron chi connectivity index (χ1n) is 10.6. The number of fused-ring (bicyclic) bond motifs is 1. The van der Waals surface area contributed by atoms with Gasteiger partial charge in [-0.25, -0.2) is 4.79 Å². The summed E-state index contributed by atoms with van der Waals surface area (Å²) in [5.74, 6) is -3.70. The van der Waals surface area contributed by atoms with Crippen molar-refractivity contribution in [2.24, 2.45) is 0 Å². The maximum Gasteiger partial charge on any atom is 0.341 e. The number of aromatic hydroxyl groups is 1. The first-order chi connectivity index (χ1) is 16.2. The van der Waals surface area contributed by atoms with Gasteiger partial charge in [0, 0.05) is 18.4 Å². The molecule has 0 saturated heterocycles. The van der Waals surface area contributed by atoms with Crippen LogP contribution in [0.2, 0.25) is 0 Å². The van der Waals surface area contributed by atoms with E-state index >= 15 is 0 Å². The van der Waals surface area contributed by atoms with Crippen molar-refractivity contribution in [2.45, 2.75) is 33.0 Å². The monoisotopic (exact) mass is 461 g/mol. The number of para-hydroxylation sites is 1. The molecule has 3 aromatic rings. The van der Waals surface area contributed by atoms with Crippen LogP contribution in [0.3, 0.4) is 0 Å². The Hall–Kier alpha value is -4.40. The van der Waals surface area contributed by atoms with Crippen molar-refractivity contribution in [2.75, 3.05) is 5.32 Å². The minimum absolute atomic E-state index is 0.0544. The molecule has 9 nitrogen and oxygen atoms in total. The van der Waals surface area contributed by atoms with Gasteiger partial charge in [-0.2, -0.15) is 0 Å². The van der Waals surface area contributed by atoms with Crippen molar-refractivity contribution in [1.29, 1.82) is 0 Å². The Bertz CT molecular complexity index is 1340. The zero-order valence-corrected chi connectivity index (χ0v) is 18.6. The average molecular weight is 461 g/mol. The summed E-state index contributed by atoms with van der Waals surface area (Å²) in [5.41, 5.74) is 0.893. The van der Waals surface area contributed by atoms with Gasteiger partial charge in [0.2, 0.25) is 11.3 Å². The van der Waals surface area contributed by atoms with E-state index in [9.17, 15) is 29.4 Å². The average Bonchev–Trinajstić information content (AvgIpc) is 2.80. The van der Waals surface area contributed by atoms with Crippen LogP contribution >= 0.6 is 0 Å². The van der Waals surface area contributed by atoms with Crippen LogP contribution in [0.15, 0.2) is 59.5 Å². The minimum atomic E-state index is -1.54. The lowest BCUT2D eigenvalue weighted by Crippen LogP contribution is -2.54. The number of hydrogen-bond acceptors (Lipinski definition) is 5. The molecule has 1 aliphatic rings. The van der Waals surface area contributed by atoms with E-state index in [1.165, 1.54) is 9.47 Å². The zero-order chi connectivity index (χ0) is 24.6. The van der Waals surface area contributed by atoms with Gasteiger partial charge in [-0.3, -0.25) is 14.4 Å². The third-order valence-electron chi connectivity index (χ3n) is 5.92. The maximum atomic E-state index is 13.5. The topological polar surface area (TPSA) is 129 Å². The lowest BCUT2D eigenvalue weighted by Gasteiger charge is -2.37. The lowest BCUT2D eigenvalue weighted by molar-refractivity contribution is -0.121. The molecule has 0 aliphatic carbocycles.